The van der Waals surface area contributed by atoms with Gasteiger partial charge in [0.05, 0.1) is 0 Å². The standard InChI is InChI=1S/C15H25N3/c1-6-12-11(10-17-14(2,3)4)9-16-13(18-12)15(5)7-8-15/h9,17H,6-8,10H2,1-5H3. The van der Waals surface area contributed by atoms with Crippen LogP contribution in [0.2, 0.25) is 0 Å². The fourth-order valence-electron chi connectivity index (χ4n) is 1.96. The number of hydrogen-bond donors (Lipinski definition) is 1. The molecule has 2 rings (SSSR count). The Hall–Kier alpha value is -0.960. The lowest BCUT2D eigenvalue weighted by molar-refractivity contribution is 0.422. The van der Waals surface area contributed by atoms with Gasteiger partial charge < -0.3 is 5.32 Å². The Morgan fingerprint density at radius 2 is 2.00 bits per heavy atom. The molecule has 0 saturated heterocycles. The third kappa shape index (κ3) is 3.08. The molecule has 1 fully saturated rings. The summed E-state index contributed by atoms with van der Waals surface area (Å²) in [7, 11) is 0. The lowest BCUT2D eigenvalue weighted by Crippen LogP contribution is -2.35. The van der Waals surface area contributed by atoms with Crippen molar-refractivity contribution in [3.05, 3.63) is 23.3 Å². The Labute approximate surface area is 110 Å². The quantitative estimate of drug-likeness (QED) is 0.889. The number of aromatic nitrogens is 2. The third-order valence-corrected chi connectivity index (χ3v) is 3.64. The van der Waals surface area contributed by atoms with E-state index in [1.54, 1.807) is 0 Å². The second-order valence-corrected chi connectivity index (χ2v) is 6.68. The molecule has 0 spiro atoms. The summed E-state index contributed by atoms with van der Waals surface area (Å²) < 4.78 is 0. The molecule has 0 aromatic carbocycles. The van der Waals surface area contributed by atoms with Crippen LogP contribution in [0.25, 0.3) is 0 Å². The number of rotatable bonds is 4. The Bertz CT molecular complexity index is 428. The summed E-state index contributed by atoms with van der Waals surface area (Å²) in [4.78, 5) is 9.35. The van der Waals surface area contributed by atoms with Crippen LogP contribution in [0.4, 0.5) is 0 Å². The van der Waals surface area contributed by atoms with Crippen molar-refractivity contribution in [3.63, 3.8) is 0 Å². The normalized spacial score (nSPS) is 17.8. The largest absolute Gasteiger partial charge is 0.308 e. The van der Waals surface area contributed by atoms with Gasteiger partial charge in [0.25, 0.3) is 0 Å². The van der Waals surface area contributed by atoms with Crippen LogP contribution in [0.15, 0.2) is 6.20 Å². The molecule has 0 atom stereocenters. The minimum Gasteiger partial charge on any atom is -0.308 e. The minimum absolute atomic E-state index is 0.131. The van der Waals surface area contributed by atoms with Crippen molar-refractivity contribution < 1.29 is 0 Å². The highest BCUT2D eigenvalue weighted by atomic mass is 15.0. The number of hydrogen-bond acceptors (Lipinski definition) is 3. The first-order chi connectivity index (χ1) is 8.34. The Kier molecular flexibility index (Phi) is 3.45. The summed E-state index contributed by atoms with van der Waals surface area (Å²) in [6, 6.07) is 0. The van der Waals surface area contributed by atoms with Crippen LogP contribution in [-0.4, -0.2) is 15.5 Å². The van der Waals surface area contributed by atoms with Crippen LogP contribution in [0, 0.1) is 0 Å². The van der Waals surface area contributed by atoms with Crippen molar-refractivity contribution in [2.45, 2.75) is 71.4 Å². The SMILES string of the molecule is CCc1nc(C2(C)CC2)ncc1CNC(C)(C)C. The second-order valence-electron chi connectivity index (χ2n) is 6.68. The summed E-state index contributed by atoms with van der Waals surface area (Å²) in [5.41, 5.74) is 2.83. The predicted octanol–water partition coefficient (Wildman–Crippen LogP) is 2.98. The summed E-state index contributed by atoms with van der Waals surface area (Å²) in [5.74, 6) is 1.04. The molecule has 0 amide bonds. The molecule has 1 aliphatic carbocycles. The highest BCUT2D eigenvalue weighted by Gasteiger charge is 2.42. The van der Waals surface area contributed by atoms with E-state index < -0.39 is 0 Å². The third-order valence-electron chi connectivity index (χ3n) is 3.64. The van der Waals surface area contributed by atoms with E-state index in [1.165, 1.54) is 24.1 Å². The maximum atomic E-state index is 4.77. The maximum absolute atomic E-state index is 4.77. The molecule has 1 aliphatic rings. The second kappa shape index (κ2) is 4.61. The minimum atomic E-state index is 0.131. The number of aryl methyl sites for hydroxylation is 1. The maximum Gasteiger partial charge on any atom is 0.134 e. The summed E-state index contributed by atoms with van der Waals surface area (Å²) in [6.07, 6.45) is 5.46. The Morgan fingerprint density at radius 1 is 1.33 bits per heavy atom. The molecule has 1 N–H and O–H groups in total. The average Bonchev–Trinajstić information content (AvgIpc) is 3.04. The van der Waals surface area contributed by atoms with Crippen LogP contribution in [0.3, 0.4) is 0 Å². The van der Waals surface area contributed by atoms with E-state index in [0.717, 1.165) is 18.8 Å². The monoisotopic (exact) mass is 247 g/mol. The van der Waals surface area contributed by atoms with Crippen LogP contribution in [0.1, 0.15) is 64.5 Å². The fourth-order valence-corrected chi connectivity index (χ4v) is 1.96. The zero-order chi connectivity index (χ0) is 13.4. The number of nitrogens with one attached hydrogen (secondary N) is 1. The van der Waals surface area contributed by atoms with Crippen LogP contribution in [0.5, 0.6) is 0 Å². The van der Waals surface area contributed by atoms with Gasteiger partial charge in [0, 0.05) is 35.0 Å². The van der Waals surface area contributed by atoms with Gasteiger partial charge >= 0.3 is 0 Å². The number of nitrogens with zero attached hydrogens (tertiary/aromatic N) is 2. The molecule has 1 heterocycles. The van der Waals surface area contributed by atoms with Crippen molar-refractivity contribution >= 4 is 0 Å². The lowest BCUT2D eigenvalue weighted by atomic mass is 10.1. The van der Waals surface area contributed by atoms with Crippen LogP contribution < -0.4 is 5.32 Å². The van der Waals surface area contributed by atoms with Crippen molar-refractivity contribution in [3.8, 4) is 0 Å². The molecule has 0 radical (unpaired) electrons. The van der Waals surface area contributed by atoms with E-state index in [-0.39, 0.29) is 11.0 Å². The zero-order valence-electron chi connectivity index (χ0n) is 12.3. The molecule has 0 unspecified atom stereocenters. The van der Waals surface area contributed by atoms with Gasteiger partial charge in [-0.2, -0.15) is 0 Å². The van der Waals surface area contributed by atoms with Gasteiger partial charge in [-0.05, 0) is 40.0 Å². The van der Waals surface area contributed by atoms with Gasteiger partial charge in [-0.3, -0.25) is 0 Å². The molecule has 3 heteroatoms. The van der Waals surface area contributed by atoms with Gasteiger partial charge in [-0.25, -0.2) is 9.97 Å². The van der Waals surface area contributed by atoms with Gasteiger partial charge in [0.15, 0.2) is 0 Å². The van der Waals surface area contributed by atoms with Gasteiger partial charge in [-0.1, -0.05) is 13.8 Å². The Balaban J connectivity index is 2.16. The smallest absolute Gasteiger partial charge is 0.134 e. The molecular formula is C15H25N3. The molecule has 1 aromatic rings. The van der Waals surface area contributed by atoms with Crippen LogP contribution in [-0.2, 0) is 18.4 Å². The van der Waals surface area contributed by atoms with E-state index >= 15 is 0 Å². The topological polar surface area (TPSA) is 37.8 Å². The van der Waals surface area contributed by atoms with Gasteiger partial charge in [0.1, 0.15) is 5.82 Å². The highest BCUT2D eigenvalue weighted by Crippen LogP contribution is 2.45. The van der Waals surface area contributed by atoms with E-state index in [1.807, 2.05) is 6.20 Å². The molecule has 1 saturated carbocycles. The summed E-state index contributed by atoms with van der Waals surface area (Å²) in [5, 5.41) is 3.51. The van der Waals surface area contributed by atoms with E-state index in [2.05, 4.69) is 44.9 Å². The average molecular weight is 247 g/mol. The van der Waals surface area contributed by atoms with Gasteiger partial charge in [-0.15, -0.1) is 0 Å². The zero-order valence-corrected chi connectivity index (χ0v) is 12.3. The molecule has 3 nitrogen and oxygen atoms in total. The van der Waals surface area contributed by atoms with Crippen molar-refractivity contribution in [1.82, 2.24) is 15.3 Å². The molecule has 0 aliphatic heterocycles. The van der Waals surface area contributed by atoms with Crippen molar-refractivity contribution in [2.24, 2.45) is 0 Å². The molecule has 100 valence electrons. The lowest BCUT2D eigenvalue weighted by Gasteiger charge is -2.21. The molecule has 18 heavy (non-hydrogen) atoms. The first kappa shape index (κ1) is 13.5. The first-order valence-electron chi connectivity index (χ1n) is 6.94. The highest BCUT2D eigenvalue weighted by molar-refractivity contribution is 5.23. The van der Waals surface area contributed by atoms with Gasteiger partial charge in [0.2, 0.25) is 0 Å². The van der Waals surface area contributed by atoms with Crippen LogP contribution >= 0.6 is 0 Å². The molecule has 0 bridgehead atoms. The first-order valence-corrected chi connectivity index (χ1v) is 6.94. The van der Waals surface area contributed by atoms with E-state index in [0.29, 0.717) is 0 Å². The summed E-state index contributed by atoms with van der Waals surface area (Å²) in [6.45, 7) is 11.8. The Morgan fingerprint density at radius 3 is 2.50 bits per heavy atom. The van der Waals surface area contributed by atoms with E-state index in [9.17, 15) is 0 Å². The fraction of sp³-hybridized carbons (Fsp3) is 0.733. The van der Waals surface area contributed by atoms with E-state index in [4.69, 9.17) is 4.98 Å². The van der Waals surface area contributed by atoms with Crippen molar-refractivity contribution in [1.29, 1.82) is 0 Å². The molecule has 1 aromatic heterocycles. The molecular weight excluding hydrogens is 222 g/mol. The predicted molar refractivity (Wildman–Crippen MR) is 74.6 cm³/mol. The summed E-state index contributed by atoms with van der Waals surface area (Å²) >= 11 is 0. The van der Waals surface area contributed by atoms with Crippen molar-refractivity contribution in [2.75, 3.05) is 0 Å².